The molecule has 27 heavy (non-hydrogen) atoms. The van der Waals surface area contributed by atoms with E-state index in [9.17, 15) is 19.5 Å². The molecule has 2 rings (SSSR count). The number of benzene rings is 1. The number of nitrogens with one attached hydrogen (secondary N) is 1. The monoisotopic (exact) mass is 378 g/mol. The van der Waals surface area contributed by atoms with Gasteiger partial charge in [0, 0.05) is 5.56 Å². The van der Waals surface area contributed by atoms with Gasteiger partial charge in [0.25, 0.3) is 0 Å². The highest BCUT2D eigenvalue weighted by molar-refractivity contribution is 6.15. The van der Waals surface area contributed by atoms with Gasteiger partial charge in [0.05, 0.1) is 11.8 Å². The van der Waals surface area contributed by atoms with E-state index < -0.39 is 36.4 Å². The number of fused-ring (bicyclic) bond motifs is 1. The lowest BCUT2D eigenvalue weighted by molar-refractivity contribution is -0.140. The largest absolute Gasteiger partial charge is 0.480 e. The quantitative estimate of drug-likeness (QED) is 0.560. The predicted molar refractivity (Wildman–Crippen MR) is 98.1 cm³/mol. The Bertz CT molecular complexity index is 687. The van der Waals surface area contributed by atoms with Gasteiger partial charge >= 0.3 is 5.97 Å². The van der Waals surface area contributed by atoms with Gasteiger partial charge in [0.15, 0.2) is 12.0 Å². The normalized spacial score (nSPS) is 19.1. The number of aliphatic hydroxyl groups excluding tert-OH is 1. The maximum Gasteiger partial charge on any atom is 0.322 e. The lowest BCUT2D eigenvalue weighted by atomic mass is 9.89. The molecule has 0 bridgehead atoms. The molecule has 0 aliphatic carbocycles. The molecule has 8 heteroatoms. The molecule has 3 N–H and O–H groups in total. The van der Waals surface area contributed by atoms with Crippen LogP contribution >= 0.6 is 0 Å². The summed E-state index contributed by atoms with van der Waals surface area (Å²) in [6.45, 7) is 3.42. The van der Waals surface area contributed by atoms with Crippen molar-refractivity contribution in [1.29, 1.82) is 0 Å². The van der Waals surface area contributed by atoms with Crippen LogP contribution < -0.4 is 10.4 Å². The summed E-state index contributed by atoms with van der Waals surface area (Å²) < 4.78 is 0. The number of hydrogen-bond acceptors (Lipinski definition) is 6. The van der Waals surface area contributed by atoms with Crippen LogP contribution in [0.25, 0.3) is 0 Å². The zero-order valence-corrected chi connectivity index (χ0v) is 15.6. The van der Waals surface area contributed by atoms with E-state index in [4.69, 9.17) is 9.94 Å². The molecule has 1 amide bonds. The summed E-state index contributed by atoms with van der Waals surface area (Å²) in [7, 11) is 0. The third-order valence-corrected chi connectivity index (χ3v) is 4.41. The smallest absolute Gasteiger partial charge is 0.322 e. The lowest BCUT2D eigenvalue weighted by Gasteiger charge is -2.39. The fourth-order valence-corrected chi connectivity index (χ4v) is 3.16. The highest BCUT2D eigenvalue weighted by atomic mass is 16.7. The summed E-state index contributed by atoms with van der Waals surface area (Å²) in [5.74, 6) is -4.12. The minimum Gasteiger partial charge on any atom is -0.480 e. The Balaban J connectivity index is 2.34. The summed E-state index contributed by atoms with van der Waals surface area (Å²) in [5, 5.41) is 22.9. The van der Waals surface area contributed by atoms with E-state index in [0.717, 1.165) is 25.7 Å². The highest BCUT2D eigenvalue weighted by Crippen LogP contribution is 2.34. The molecule has 1 aromatic carbocycles. The van der Waals surface area contributed by atoms with Crippen molar-refractivity contribution in [3.05, 3.63) is 29.8 Å². The topological polar surface area (TPSA) is 116 Å². The number of aliphatic carboxylic acids is 1. The first-order valence-corrected chi connectivity index (χ1v) is 9.17. The number of hydroxylamine groups is 1. The number of carboxylic acid groups (broad SMARTS) is 1. The van der Waals surface area contributed by atoms with Crippen LogP contribution in [0, 0.1) is 5.92 Å². The number of anilines is 1. The van der Waals surface area contributed by atoms with Crippen LogP contribution in [0.3, 0.4) is 0 Å². The van der Waals surface area contributed by atoms with E-state index in [0.29, 0.717) is 5.69 Å². The van der Waals surface area contributed by atoms with Crippen LogP contribution in [-0.2, 0) is 14.4 Å². The molecule has 1 aliphatic heterocycles. The maximum atomic E-state index is 12.7. The van der Waals surface area contributed by atoms with Crippen molar-refractivity contribution in [3.63, 3.8) is 0 Å². The van der Waals surface area contributed by atoms with E-state index in [2.05, 4.69) is 5.32 Å². The van der Waals surface area contributed by atoms with E-state index in [1.54, 1.807) is 24.3 Å². The van der Waals surface area contributed by atoms with Crippen LogP contribution in [0.4, 0.5) is 5.69 Å². The fraction of sp³-hybridized carbons (Fsp3) is 0.526. The first-order chi connectivity index (χ1) is 12.9. The van der Waals surface area contributed by atoms with Crippen LogP contribution in [0.1, 0.15) is 49.9 Å². The Hall–Kier alpha value is -2.45. The van der Waals surface area contributed by atoms with Gasteiger partial charge in [-0.1, -0.05) is 38.8 Å². The van der Waals surface area contributed by atoms with Crippen LogP contribution in [0.15, 0.2) is 24.3 Å². The summed E-state index contributed by atoms with van der Waals surface area (Å²) in [4.78, 5) is 41.8. The molecule has 0 fully saturated rings. The van der Waals surface area contributed by atoms with Gasteiger partial charge < -0.3 is 15.5 Å². The van der Waals surface area contributed by atoms with E-state index in [-0.39, 0.29) is 11.7 Å². The summed E-state index contributed by atoms with van der Waals surface area (Å²) in [6, 6.07) is 6.59. The molecule has 2 atom stereocenters. The Morgan fingerprint density at radius 1 is 1.22 bits per heavy atom. The standard InChI is InChI=1S/C19H26N2O6/c1-3-7-12(8-4-2)27-21-14-10-6-5-9-13(14)17(24)16(19(21)26)18(25)20-11-15(22)23/h5-6,9-10,12,16,19,26H,3-4,7-8,11H2,1-2H3,(H,20,25)(H,22,23). The first-order valence-electron chi connectivity index (χ1n) is 9.17. The number of para-hydroxylation sites is 1. The molecule has 2 unspecified atom stereocenters. The Morgan fingerprint density at radius 3 is 2.44 bits per heavy atom. The molecule has 1 heterocycles. The maximum absolute atomic E-state index is 12.7. The van der Waals surface area contributed by atoms with Gasteiger partial charge in [-0.25, -0.2) is 5.06 Å². The second-order valence-electron chi connectivity index (χ2n) is 6.51. The third kappa shape index (κ3) is 4.84. The molecule has 0 saturated carbocycles. The van der Waals surface area contributed by atoms with E-state index >= 15 is 0 Å². The van der Waals surface area contributed by atoms with Gasteiger partial charge in [-0.2, -0.15) is 0 Å². The molecule has 0 radical (unpaired) electrons. The molecule has 1 aliphatic rings. The third-order valence-electron chi connectivity index (χ3n) is 4.41. The van der Waals surface area contributed by atoms with Crippen LogP contribution in [-0.4, -0.2) is 46.7 Å². The van der Waals surface area contributed by atoms with Crippen molar-refractivity contribution in [2.75, 3.05) is 11.6 Å². The number of ketones is 1. The van der Waals surface area contributed by atoms with E-state index in [1.807, 2.05) is 13.8 Å². The average molecular weight is 378 g/mol. The number of carboxylic acids is 1. The molecule has 1 aromatic rings. The Labute approximate surface area is 158 Å². The van der Waals surface area contributed by atoms with Gasteiger partial charge in [0.1, 0.15) is 12.5 Å². The summed E-state index contributed by atoms with van der Waals surface area (Å²) in [6.07, 6.45) is 1.60. The zero-order valence-electron chi connectivity index (χ0n) is 15.6. The molecule has 8 nitrogen and oxygen atoms in total. The fourth-order valence-electron chi connectivity index (χ4n) is 3.16. The summed E-state index contributed by atoms with van der Waals surface area (Å²) in [5.41, 5.74) is 0.652. The number of rotatable bonds is 9. The lowest BCUT2D eigenvalue weighted by Crippen LogP contribution is -2.55. The molecular weight excluding hydrogens is 352 g/mol. The van der Waals surface area contributed by atoms with Crippen molar-refractivity contribution in [1.82, 2.24) is 5.32 Å². The van der Waals surface area contributed by atoms with Crippen LogP contribution in [0.5, 0.6) is 0 Å². The number of carbonyl (C=O) groups excluding carboxylic acids is 2. The molecule has 0 spiro atoms. The first kappa shape index (κ1) is 20.9. The number of nitrogens with zero attached hydrogens (tertiary/aromatic N) is 1. The number of aliphatic hydroxyl groups is 1. The second kappa shape index (κ2) is 9.48. The number of carbonyl (C=O) groups is 3. The number of hydrogen-bond donors (Lipinski definition) is 3. The highest BCUT2D eigenvalue weighted by Gasteiger charge is 2.45. The van der Waals surface area contributed by atoms with E-state index in [1.165, 1.54) is 5.06 Å². The zero-order chi connectivity index (χ0) is 20.0. The van der Waals surface area contributed by atoms with Crippen molar-refractivity contribution in [3.8, 4) is 0 Å². The average Bonchev–Trinajstić information content (AvgIpc) is 2.64. The van der Waals surface area contributed by atoms with Gasteiger partial charge in [-0.05, 0) is 25.0 Å². The Morgan fingerprint density at radius 2 is 1.85 bits per heavy atom. The minimum atomic E-state index is -1.54. The Kier molecular flexibility index (Phi) is 7.32. The number of amides is 1. The molecule has 148 valence electrons. The van der Waals surface area contributed by atoms with Crippen molar-refractivity contribution in [2.45, 2.75) is 51.9 Å². The molecular formula is C19H26N2O6. The molecule has 0 saturated heterocycles. The minimum absolute atomic E-state index is 0.168. The van der Waals surface area contributed by atoms with Crippen molar-refractivity contribution >= 4 is 23.3 Å². The van der Waals surface area contributed by atoms with Crippen molar-refractivity contribution < 1.29 is 29.4 Å². The number of Topliss-reactive ketones (excluding diaryl/α,β-unsaturated/α-hetero) is 1. The van der Waals surface area contributed by atoms with Crippen molar-refractivity contribution in [2.24, 2.45) is 5.92 Å². The molecule has 0 aromatic heterocycles. The van der Waals surface area contributed by atoms with Gasteiger partial charge in [-0.3, -0.25) is 19.2 Å². The predicted octanol–water partition coefficient (Wildman–Crippen LogP) is 1.73. The summed E-state index contributed by atoms with van der Waals surface area (Å²) >= 11 is 0. The van der Waals surface area contributed by atoms with Gasteiger partial charge in [-0.15, -0.1) is 0 Å². The van der Waals surface area contributed by atoms with Gasteiger partial charge in [0.2, 0.25) is 5.91 Å². The SMILES string of the molecule is CCCC(CCC)ON1c2ccccc2C(=O)C(C(=O)NCC(=O)O)C1O. The van der Waals surface area contributed by atoms with Crippen LogP contribution in [0.2, 0.25) is 0 Å². The second-order valence-corrected chi connectivity index (χ2v) is 6.51.